The van der Waals surface area contributed by atoms with E-state index in [2.05, 4.69) is 53.3 Å². The number of nitrogens with zero attached hydrogens (tertiary/aromatic N) is 2. The zero-order valence-corrected chi connectivity index (χ0v) is 20.7. The van der Waals surface area contributed by atoms with Gasteiger partial charge in [-0.25, -0.2) is 5.53 Å². The molecule has 33 heavy (non-hydrogen) atoms. The maximum absolute atomic E-state index is 14.2. The minimum absolute atomic E-state index is 0.0658. The van der Waals surface area contributed by atoms with E-state index < -0.39 is 5.41 Å². The summed E-state index contributed by atoms with van der Waals surface area (Å²) < 4.78 is 0. The Morgan fingerprint density at radius 2 is 1.82 bits per heavy atom. The van der Waals surface area contributed by atoms with Crippen molar-refractivity contribution in [2.75, 3.05) is 0 Å². The zero-order valence-electron chi connectivity index (χ0n) is 19.2. The van der Waals surface area contributed by atoms with E-state index in [1.54, 1.807) is 0 Å². The van der Waals surface area contributed by atoms with E-state index in [-0.39, 0.29) is 23.9 Å². The molecule has 8 heteroatoms. The molecular weight excluding hydrogens is 457 g/mol. The van der Waals surface area contributed by atoms with Gasteiger partial charge in [0.15, 0.2) is 0 Å². The van der Waals surface area contributed by atoms with E-state index in [0.29, 0.717) is 22.9 Å². The Kier molecular flexibility index (Phi) is 7.17. The average molecular weight is 488 g/mol. The minimum atomic E-state index is -0.627. The number of hydrogen-bond acceptors (Lipinski definition) is 5. The van der Waals surface area contributed by atoms with Gasteiger partial charge in [0, 0.05) is 28.4 Å². The number of amides is 1. The van der Waals surface area contributed by atoms with Crippen LogP contribution < -0.4 is 16.5 Å². The second-order valence-corrected chi connectivity index (χ2v) is 10.1. The van der Waals surface area contributed by atoms with Crippen LogP contribution in [0.25, 0.3) is 0 Å². The molecule has 0 saturated carbocycles. The molecule has 0 spiro atoms. The van der Waals surface area contributed by atoms with Crippen LogP contribution in [0.3, 0.4) is 0 Å². The first-order valence-corrected chi connectivity index (χ1v) is 12.3. The van der Waals surface area contributed by atoms with Crippen molar-refractivity contribution in [3.8, 4) is 0 Å². The molecule has 4 rings (SSSR count). The van der Waals surface area contributed by atoms with Crippen LogP contribution in [0.5, 0.6) is 0 Å². The van der Waals surface area contributed by atoms with Crippen LogP contribution in [0.1, 0.15) is 69.5 Å². The van der Waals surface area contributed by atoms with E-state index in [1.165, 1.54) is 0 Å². The normalized spacial score (nSPS) is 25.1. The monoisotopic (exact) mass is 487 g/mol. The summed E-state index contributed by atoms with van der Waals surface area (Å²) in [4.78, 5) is 16.4. The van der Waals surface area contributed by atoms with Gasteiger partial charge >= 0.3 is 0 Å². The Morgan fingerprint density at radius 1 is 1.09 bits per heavy atom. The second-order valence-electron chi connectivity index (χ2n) is 9.20. The Labute approximate surface area is 205 Å². The SMILES string of the molecule is CCC(CC)N1C(=O)[C@@](C)(CC2=NNNN2)C[C@H](c2cccc(Cl)c2)[C@H]1c1ccc(Cl)cc1. The molecule has 2 aromatic rings. The number of carbonyl (C=O) groups excluding carboxylic acids is 1. The minimum Gasteiger partial charge on any atom is -0.332 e. The molecule has 3 N–H and O–H groups in total. The molecule has 176 valence electrons. The molecule has 1 saturated heterocycles. The number of amidine groups is 1. The lowest BCUT2D eigenvalue weighted by molar-refractivity contribution is -0.154. The number of hydrazine groups is 2. The van der Waals surface area contributed by atoms with E-state index in [9.17, 15) is 4.79 Å². The lowest BCUT2D eigenvalue weighted by Gasteiger charge is -2.52. The smallest absolute Gasteiger partial charge is 0.229 e. The molecule has 0 aliphatic carbocycles. The summed E-state index contributed by atoms with van der Waals surface area (Å²) in [6.45, 7) is 6.36. The van der Waals surface area contributed by atoms with Gasteiger partial charge in [-0.05, 0) is 54.7 Å². The molecule has 6 nitrogen and oxygen atoms in total. The summed E-state index contributed by atoms with van der Waals surface area (Å²) in [6.07, 6.45) is 2.95. The zero-order chi connectivity index (χ0) is 23.6. The van der Waals surface area contributed by atoms with Crippen molar-refractivity contribution in [3.63, 3.8) is 0 Å². The first-order chi connectivity index (χ1) is 15.9. The van der Waals surface area contributed by atoms with Crippen molar-refractivity contribution in [2.24, 2.45) is 10.5 Å². The number of benzene rings is 2. The summed E-state index contributed by atoms with van der Waals surface area (Å²) in [5.41, 5.74) is 10.1. The Hall–Kier alpha value is -2.28. The highest BCUT2D eigenvalue weighted by molar-refractivity contribution is 6.30. The molecule has 1 amide bonds. The standard InChI is InChI=1S/C25H31Cl2N5O/c1-4-20(5-2)32-23(16-9-11-18(26)12-10-16)21(17-7-6-8-19(27)13-17)14-25(3,24(32)33)15-22-28-30-31-29-22/h6-13,20-21,23,30-31H,4-5,14-15H2,1-3H3,(H,28,29)/t21-,23-,25-/m1/s1. The maximum Gasteiger partial charge on any atom is 0.229 e. The lowest BCUT2D eigenvalue weighted by atomic mass is 9.66. The van der Waals surface area contributed by atoms with Gasteiger partial charge < -0.3 is 4.90 Å². The van der Waals surface area contributed by atoms with Gasteiger partial charge in [0.25, 0.3) is 0 Å². The fraction of sp³-hybridized carbons (Fsp3) is 0.440. The number of piperidine rings is 1. The quantitative estimate of drug-likeness (QED) is 0.477. The van der Waals surface area contributed by atoms with Gasteiger partial charge in [-0.1, -0.05) is 68.2 Å². The summed E-state index contributed by atoms with van der Waals surface area (Å²) in [5.74, 6) is 0.951. The molecule has 3 atom stereocenters. The highest BCUT2D eigenvalue weighted by Crippen LogP contribution is 2.52. The number of rotatable bonds is 7. The molecule has 2 heterocycles. The van der Waals surface area contributed by atoms with Gasteiger partial charge in [0.1, 0.15) is 5.84 Å². The first-order valence-electron chi connectivity index (χ1n) is 11.5. The fourth-order valence-electron chi connectivity index (χ4n) is 5.31. The van der Waals surface area contributed by atoms with Crippen LogP contribution in [0.2, 0.25) is 10.0 Å². The van der Waals surface area contributed by atoms with Gasteiger partial charge in [0.2, 0.25) is 5.91 Å². The molecule has 0 radical (unpaired) electrons. The molecule has 0 unspecified atom stereocenters. The molecular formula is C25H31Cl2N5O. The van der Waals surface area contributed by atoms with Crippen molar-refractivity contribution in [2.45, 2.75) is 64.5 Å². The number of hydrazone groups is 1. The molecule has 0 aromatic heterocycles. The van der Waals surface area contributed by atoms with Crippen LogP contribution in [0.4, 0.5) is 0 Å². The third-order valence-corrected chi connectivity index (χ3v) is 7.42. The highest BCUT2D eigenvalue weighted by atomic mass is 35.5. The maximum atomic E-state index is 14.2. The van der Waals surface area contributed by atoms with E-state index in [1.807, 2.05) is 42.5 Å². The number of nitrogens with one attached hydrogen (secondary N) is 3. The summed E-state index contributed by atoms with van der Waals surface area (Å²) in [7, 11) is 0. The predicted octanol–water partition coefficient (Wildman–Crippen LogP) is 5.56. The Morgan fingerprint density at radius 3 is 2.42 bits per heavy atom. The van der Waals surface area contributed by atoms with Crippen molar-refractivity contribution < 1.29 is 4.79 Å². The summed E-state index contributed by atoms with van der Waals surface area (Å²) in [6, 6.07) is 16.0. The van der Waals surface area contributed by atoms with Crippen LogP contribution in [0, 0.1) is 5.41 Å². The van der Waals surface area contributed by atoms with E-state index >= 15 is 0 Å². The number of hydrogen-bond donors (Lipinski definition) is 3. The topological polar surface area (TPSA) is 68.8 Å². The largest absolute Gasteiger partial charge is 0.332 e. The van der Waals surface area contributed by atoms with Gasteiger partial charge in [-0.2, -0.15) is 0 Å². The molecule has 2 aliphatic heterocycles. The third-order valence-electron chi connectivity index (χ3n) is 6.94. The predicted molar refractivity (Wildman–Crippen MR) is 134 cm³/mol. The van der Waals surface area contributed by atoms with Gasteiger partial charge in [-0.3, -0.25) is 10.2 Å². The van der Waals surface area contributed by atoms with Gasteiger partial charge in [0.05, 0.1) is 11.5 Å². The molecule has 2 aromatic carbocycles. The van der Waals surface area contributed by atoms with Crippen molar-refractivity contribution in [1.29, 1.82) is 0 Å². The van der Waals surface area contributed by atoms with Crippen molar-refractivity contribution in [3.05, 3.63) is 69.7 Å². The molecule has 0 bridgehead atoms. The van der Waals surface area contributed by atoms with Crippen LogP contribution >= 0.6 is 23.2 Å². The lowest BCUT2D eigenvalue weighted by Crippen LogP contribution is -2.56. The van der Waals surface area contributed by atoms with E-state index in [4.69, 9.17) is 23.2 Å². The Balaban J connectivity index is 1.86. The second kappa shape index (κ2) is 9.92. The summed E-state index contributed by atoms with van der Waals surface area (Å²) in [5, 5.41) is 5.64. The fourth-order valence-corrected chi connectivity index (χ4v) is 5.63. The first kappa shape index (κ1) is 23.9. The summed E-state index contributed by atoms with van der Waals surface area (Å²) >= 11 is 12.6. The van der Waals surface area contributed by atoms with Crippen LogP contribution in [-0.2, 0) is 4.79 Å². The third kappa shape index (κ3) is 4.84. The number of carbonyl (C=O) groups is 1. The number of likely N-dealkylation sites (tertiary alicyclic amines) is 1. The van der Waals surface area contributed by atoms with Crippen LogP contribution in [-0.4, -0.2) is 22.7 Å². The van der Waals surface area contributed by atoms with E-state index in [0.717, 1.165) is 29.8 Å². The van der Waals surface area contributed by atoms with Crippen molar-refractivity contribution in [1.82, 2.24) is 21.4 Å². The molecule has 1 fully saturated rings. The van der Waals surface area contributed by atoms with Crippen LogP contribution in [0.15, 0.2) is 53.6 Å². The average Bonchev–Trinajstić information content (AvgIpc) is 3.31. The number of halogens is 2. The Bertz CT molecular complexity index is 1020. The van der Waals surface area contributed by atoms with Gasteiger partial charge in [-0.15, -0.1) is 10.6 Å². The highest BCUT2D eigenvalue weighted by Gasteiger charge is 2.51. The van der Waals surface area contributed by atoms with Crippen molar-refractivity contribution >= 4 is 34.9 Å². The molecule has 2 aliphatic rings.